The van der Waals surface area contributed by atoms with Gasteiger partial charge in [-0.05, 0) is 75.0 Å². The molecule has 41 heavy (non-hydrogen) atoms. The molecule has 4 fully saturated rings. The minimum absolute atomic E-state index is 0. The summed E-state index contributed by atoms with van der Waals surface area (Å²) in [6.07, 6.45) is 6.57. The van der Waals surface area contributed by atoms with Gasteiger partial charge in [0, 0.05) is 57.0 Å². The smallest absolute Gasteiger partial charge is 0.365 e. The molecule has 1 aromatic carbocycles. The fourth-order valence-electron chi connectivity index (χ4n) is 8.97. The summed E-state index contributed by atoms with van der Waals surface area (Å²) in [6, 6.07) is 8.94. The zero-order chi connectivity index (χ0) is 25.5. The number of hydrogen-bond acceptors (Lipinski definition) is 5. The molecule has 1 heterocycles. The highest BCUT2D eigenvalue weighted by atomic mass is 32.1. The number of nitrogens with zero attached hydrogens (tertiary/aromatic N) is 1. The number of benzene rings is 1. The van der Waals surface area contributed by atoms with Gasteiger partial charge < -0.3 is 24.6 Å². The van der Waals surface area contributed by atoms with Gasteiger partial charge in [-0.2, -0.15) is 40.5 Å². The van der Waals surface area contributed by atoms with Gasteiger partial charge in [-0.15, -0.1) is 0 Å². The molecule has 0 bridgehead atoms. The molecule has 1 spiro atoms. The van der Waals surface area contributed by atoms with E-state index in [-0.39, 0.29) is 66.7 Å². The summed E-state index contributed by atoms with van der Waals surface area (Å²) in [5.41, 5.74) is 4.10. The van der Waals surface area contributed by atoms with E-state index in [1.165, 1.54) is 22.4 Å². The molecule has 5 aliphatic rings. The molecule has 7 atom stereocenters. The maximum atomic E-state index is 12.1. The average molecular weight is 645 g/mol. The van der Waals surface area contributed by atoms with Crippen molar-refractivity contribution in [2.75, 3.05) is 38.9 Å². The highest BCUT2D eigenvalue weighted by Gasteiger charge is 2.67. The molecule has 4 aliphatic carbocycles. The minimum atomic E-state index is -1.40. The maximum absolute atomic E-state index is 12.1. The first-order valence-corrected chi connectivity index (χ1v) is 15.9. The van der Waals surface area contributed by atoms with Gasteiger partial charge in [-0.25, -0.2) is 0 Å². The lowest BCUT2D eigenvalue weighted by molar-refractivity contribution is -0.208. The zero-order valence-corrected chi connectivity index (χ0v) is 27.8. The van der Waals surface area contributed by atoms with Gasteiger partial charge in [0.25, 0.3) is 0 Å². The molecule has 234 valence electrons. The summed E-state index contributed by atoms with van der Waals surface area (Å²) in [7, 11) is 9.33. The zero-order valence-electron chi connectivity index (χ0n) is 23.8. The second-order valence-electron chi connectivity index (χ2n) is 12.7. The molecule has 0 aromatic heterocycles. The van der Waals surface area contributed by atoms with Crippen LogP contribution in [0.1, 0.15) is 84.6 Å². The third-order valence-corrected chi connectivity index (χ3v) is 13.0. The Labute approximate surface area is 273 Å². The molecule has 0 amide bonds. The van der Waals surface area contributed by atoms with Crippen LogP contribution < -0.4 is 4.90 Å². The van der Waals surface area contributed by atoms with Crippen LogP contribution in [-0.2, 0) is 9.47 Å². The maximum Gasteiger partial charge on any atom is 0.365 e. The number of ether oxygens (including phenoxy) is 2. The molecule has 1 saturated heterocycles. The van der Waals surface area contributed by atoms with E-state index in [0.717, 1.165) is 44.9 Å². The van der Waals surface area contributed by atoms with Crippen LogP contribution in [0, 0.1) is 17.3 Å². The Kier molecular flexibility index (Phi) is 13.0. The van der Waals surface area contributed by atoms with Gasteiger partial charge in [-0.3, -0.25) is 0 Å². The molecule has 1 unspecified atom stereocenters. The molecular weight excluding hydrogens is 588 g/mol. The first-order valence-electron chi connectivity index (χ1n) is 13.8. The van der Waals surface area contributed by atoms with E-state index < -0.39 is 24.5 Å². The summed E-state index contributed by atoms with van der Waals surface area (Å²) >= 11 is 0. The van der Waals surface area contributed by atoms with Gasteiger partial charge in [0.1, 0.15) is 0 Å². The van der Waals surface area contributed by atoms with Crippen LogP contribution in [0.3, 0.4) is 0 Å². The lowest BCUT2D eigenvalue weighted by Gasteiger charge is -2.57. The third kappa shape index (κ3) is 5.94. The quantitative estimate of drug-likeness (QED) is 0.232. The highest BCUT2D eigenvalue weighted by molar-refractivity contribution is 7.82. The molecule has 6 rings (SSSR count). The van der Waals surface area contributed by atoms with Crippen molar-refractivity contribution in [3.63, 3.8) is 0 Å². The number of fused-ring (bicyclic) bond motifs is 4. The molecule has 2 radical (unpaired) electrons. The Bertz CT molecular complexity index is 1070. The summed E-state index contributed by atoms with van der Waals surface area (Å²) < 4.78 is 12.1. The SMILES string of the molecule is C.C.S.S.S.[B][PH+](C)[C@]1(O)CC[C@H]2[C@@H]3CC[C@@]4(O)CC5(CCC4=C3[C@@H](c3ccc(N(C)C)cc3)C[C@@]21C)OCCO5. The van der Waals surface area contributed by atoms with E-state index >= 15 is 0 Å². The minimum Gasteiger partial charge on any atom is -0.385 e. The predicted molar refractivity (Wildman–Crippen MR) is 192 cm³/mol. The van der Waals surface area contributed by atoms with E-state index in [2.05, 4.69) is 56.8 Å². The Balaban J connectivity index is 0.00000168. The molecule has 1 aliphatic heterocycles. The summed E-state index contributed by atoms with van der Waals surface area (Å²) in [4.78, 5) is 2.13. The van der Waals surface area contributed by atoms with Gasteiger partial charge in [0.05, 0.1) is 18.8 Å². The largest absolute Gasteiger partial charge is 0.385 e. The van der Waals surface area contributed by atoms with E-state index in [1.807, 2.05) is 0 Å². The van der Waals surface area contributed by atoms with Crippen molar-refractivity contribution in [3.05, 3.63) is 41.0 Å². The number of rotatable bonds is 3. The van der Waals surface area contributed by atoms with Crippen molar-refractivity contribution in [2.45, 2.75) is 95.8 Å². The second kappa shape index (κ2) is 13.6. The van der Waals surface area contributed by atoms with E-state index in [0.29, 0.717) is 31.5 Å². The molecular formula is C31H56BNO4PS3+. The molecule has 2 N–H and O–H groups in total. The topological polar surface area (TPSA) is 62.2 Å². The monoisotopic (exact) mass is 644 g/mol. The van der Waals surface area contributed by atoms with Crippen LogP contribution in [0.25, 0.3) is 0 Å². The summed E-state index contributed by atoms with van der Waals surface area (Å²) in [6.45, 7) is 5.63. The van der Waals surface area contributed by atoms with Gasteiger partial charge in [-0.1, -0.05) is 39.5 Å². The van der Waals surface area contributed by atoms with Gasteiger partial charge in [0.2, 0.25) is 0 Å². The van der Waals surface area contributed by atoms with Crippen LogP contribution in [0.4, 0.5) is 5.69 Å². The number of hydrogen-bond donors (Lipinski definition) is 2. The summed E-state index contributed by atoms with van der Waals surface area (Å²) in [5, 5.41) is 23.4. The van der Waals surface area contributed by atoms with Crippen LogP contribution in [0.15, 0.2) is 35.4 Å². The Morgan fingerprint density at radius 1 is 0.951 bits per heavy atom. The molecule has 5 nitrogen and oxygen atoms in total. The average Bonchev–Trinajstić information content (AvgIpc) is 3.40. The lowest BCUT2D eigenvalue weighted by Crippen LogP contribution is -2.55. The van der Waals surface area contributed by atoms with E-state index in [1.54, 1.807) is 0 Å². The molecule has 1 aromatic rings. The van der Waals surface area contributed by atoms with E-state index in [9.17, 15) is 10.2 Å². The van der Waals surface area contributed by atoms with Crippen molar-refractivity contribution in [1.29, 1.82) is 0 Å². The Morgan fingerprint density at radius 3 is 2.12 bits per heavy atom. The normalized spacial score (nSPS) is 37.0. The Hall–Kier alpha value is 0.145. The van der Waals surface area contributed by atoms with Crippen molar-refractivity contribution < 1.29 is 19.7 Å². The summed E-state index contributed by atoms with van der Waals surface area (Å²) in [5.74, 6) is 0.349. The molecule has 3 saturated carbocycles. The van der Waals surface area contributed by atoms with Crippen LogP contribution in [0.2, 0.25) is 0 Å². The number of aliphatic hydroxyl groups is 2. The predicted octanol–water partition coefficient (Wildman–Crippen LogP) is 6.25. The van der Waals surface area contributed by atoms with Gasteiger partial charge >= 0.3 is 7.57 Å². The number of allylic oxidation sites excluding steroid dienone is 1. The van der Waals surface area contributed by atoms with Crippen molar-refractivity contribution in [1.82, 2.24) is 0 Å². The first-order chi connectivity index (χ1) is 17.0. The standard InChI is InChI=1S/C29H42BNO4P.2CH4.3H2S/c1-26-17-22(19-5-7-20(8-6-19)31(2)3)25-21(23(26)11-14-29(26,33)36(4)30)9-12-27(32)18-28(13-10-24(25)27)34-15-16-35-28;;;;;/h5-8,21-23,32-33,36H,9-18H2,1-4H3;2*1H4;3*1H2/q+1;;;;;/t21-,22+,23-,26-,27+,29+;;;;;/m0...../s1. The first kappa shape index (κ1) is 39.2. The third-order valence-electron chi connectivity index (χ3n) is 10.8. The van der Waals surface area contributed by atoms with Crippen LogP contribution in [-0.4, -0.2) is 68.5 Å². The lowest BCUT2D eigenvalue weighted by atomic mass is 9.51. The van der Waals surface area contributed by atoms with Crippen LogP contribution in [0.5, 0.6) is 0 Å². The second-order valence-corrected chi connectivity index (χ2v) is 14.9. The van der Waals surface area contributed by atoms with Crippen molar-refractivity contribution in [2.24, 2.45) is 17.3 Å². The number of anilines is 1. The van der Waals surface area contributed by atoms with Crippen molar-refractivity contribution in [3.8, 4) is 0 Å². The highest BCUT2D eigenvalue weighted by Crippen LogP contribution is 2.72. The Morgan fingerprint density at radius 2 is 1.56 bits per heavy atom. The molecule has 10 heteroatoms. The fraction of sp³-hybridized carbons (Fsp3) is 0.742. The van der Waals surface area contributed by atoms with Crippen LogP contribution >= 0.6 is 48.3 Å². The van der Waals surface area contributed by atoms with E-state index in [4.69, 9.17) is 17.0 Å². The van der Waals surface area contributed by atoms with Gasteiger partial charge in [0.15, 0.2) is 11.1 Å². The fourth-order valence-corrected chi connectivity index (χ4v) is 10.7. The van der Waals surface area contributed by atoms with Crippen molar-refractivity contribution >= 4 is 61.5 Å².